The van der Waals surface area contributed by atoms with Crippen molar-refractivity contribution >= 4 is 18.3 Å². The summed E-state index contributed by atoms with van der Waals surface area (Å²) in [6, 6.07) is 0. The Morgan fingerprint density at radius 2 is 1.43 bits per heavy atom. The maximum Gasteiger partial charge on any atom is 0.319 e. The van der Waals surface area contributed by atoms with Gasteiger partial charge in [0, 0.05) is 0 Å². The molecule has 0 aliphatic carbocycles. The lowest BCUT2D eigenvalue weighted by atomic mass is 15.8. The normalized spacial score (nSPS) is 11.1. The molecule has 0 rings (SSSR count). The predicted octanol–water partition coefficient (Wildman–Crippen LogP) is -0.989. The van der Waals surface area contributed by atoms with Crippen molar-refractivity contribution in [2.24, 2.45) is 0 Å². The van der Waals surface area contributed by atoms with Gasteiger partial charge in [0.2, 0.25) is 0 Å². The Hall–Kier alpha value is -0.110. The van der Waals surface area contributed by atoms with Crippen molar-refractivity contribution in [3.05, 3.63) is 0 Å². The summed E-state index contributed by atoms with van der Waals surface area (Å²) in [5, 5.41) is 0. The fourth-order valence-corrected chi connectivity index (χ4v) is 0. The van der Waals surface area contributed by atoms with E-state index < -0.39 is 18.3 Å². The van der Waals surface area contributed by atoms with Crippen LogP contribution in [0.1, 0.15) is 0 Å². The minimum absolute atomic E-state index is 3.29. The van der Waals surface area contributed by atoms with E-state index in [1.807, 2.05) is 0 Å². The predicted molar refractivity (Wildman–Crippen MR) is 22.3 cm³/mol. The van der Waals surface area contributed by atoms with Gasteiger partial charge in [-0.25, -0.2) is 0 Å². The zero-order valence-corrected chi connectivity index (χ0v) is 4.57. The summed E-state index contributed by atoms with van der Waals surface area (Å²) in [5.74, 6) is 0. The highest BCUT2D eigenvalue weighted by atomic mass is 32.9. The van der Waals surface area contributed by atoms with Crippen LogP contribution in [0.15, 0.2) is 0 Å². The van der Waals surface area contributed by atoms with Crippen molar-refractivity contribution < 1.29 is 21.7 Å². The zero-order valence-electron chi connectivity index (χ0n) is 2.94. The van der Waals surface area contributed by atoms with Crippen molar-refractivity contribution in [2.75, 3.05) is 0 Å². The summed E-state index contributed by atoms with van der Waals surface area (Å²) in [4.78, 5) is 0. The minimum Gasteiger partial charge on any atom is -0.282 e. The molecule has 0 saturated heterocycles. The third-order valence-electron chi connectivity index (χ3n) is 0.177. The van der Waals surface area contributed by atoms with Crippen LogP contribution in [0.25, 0.3) is 0 Å². The summed E-state index contributed by atoms with van der Waals surface area (Å²) in [6.45, 7) is 0. The summed E-state index contributed by atoms with van der Waals surface area (Å²) in [6.07, 6.45) is 0. The summed E-state index contributed by atoms with van der Waals surface area (Å²) in [5.41, 5.74) is 0. The first-order valence-corrected chi connectivity index (χ1v) is 4.10. The Kier molecular flexibility index (Phi) is 1.75. The molecule has 0 aliphatic rings. The van der Waals surface area contributed by atoms with Crippen LogP contribution in [0.4, 0.5) is 0 Å². The maximum atomic E-state index is 9.39. The quantitative estimate of drug-likeness (QED) is 0.458. The van der Waals surface area contributed by atoms with Crippen LogP contribution in [0.3, 0.4) is 0 Å². The van der Waals surface area contributed by atoms with E-state index in [4.69, 9.17) is 9.11 Å². The van der Waals surface area contributed by atoms with Crippen molar-refractivity contribution in [3.8, 4) is 0 Å². The Morgan fingerprint density at radius 3 is 1.43 bits per heavy atom. The van der Waals surface area contributed by atoms with Crippen LogP contribution in [-0.2, 0) is 18.3 Å². The Labute approximate surface area is 40.8 Å². The molecule has 5 nitrogen and oxygen atoms in total. The molecule has 0 saturated carbocycles. The van der Waals surface area contributed by atoms with Crippen molar-refractivity contribution in [3.63, 3.8) is 0 Å². The largest absolute Gasteiger partial charge is 0.319 e. The second-order valence-electron chi connectivity index (χ2n) is 0.652. The second kappa shape index (κ2) is 1.78. The molecular formula is H2O5S2. The molecule has 0 atom stereocenters. The highest BCUT2D eigenvalue weighted by Crippen LogP contribution is 1.68. The Morgan fingerprint density at radius 1 is 1.29 bits per heavy atom. The average Bonchev–Trinajstić information content (AvgIpc) is 1.31. The van der Waals surface area contributed by atoms with E-state index in [2.05, 4.69) is 0 Å². The van der Waals surface area contributed by atoms with Crippen LogP contribution in [-0.4, -0.2) is 21.7 Å². The molecule has 2 N–H and O–H groups in total. The van der Waals surface area contributed by atoms with E-state index >= 15 is 0 Å². The lowest BCUT2D eigenvalue weighted by Gasteiger charge is -1.74. The van der Waals surface area contributed by atoms with Crippen LogP contribution in [0.2, 0.25) is 0 Å². The average molecular weight is 146 g/mol. The zero-order chi connectivity index (χ0) is 6.08. The van der Waals surface area contributed by atoms with Crippen LogP contribution >= 0.6 is 0 Å². The SMILES string of the molecule is O=S(=O)=S(=O)(O)O. The third-order valence-corrected chi connectivity index (χ3v) is 1.60. The van der Waals surface area contributed by atoms with Crippen LogP contribution in [0.5, 0.6) is 0 Å². The molecule has 0 spiro atoms. The first kappa shape index (κ1) is 6.89. The highest BCUT2D eigenvalue weighted by Gasteiger charge is 1.91. The fourth-order valence-electron chi connectivity index (χ4n) is 0. The second-order valence-corrected chi connectivity index (χ2v) is 4.08. The van der Waals surface area contributed by atoms with Gasteiger partial charge >= 0.3 is 18.3 Å². The topological polar surface area (TPSA) is 91.7 Å². The van der Waals surface area contributed by atoms with Crippen molar-refractivity contribution in [1.82, 2.24) is 0 Å². The molecule has 0 aromatic rings. The van der Waals surface area contributed by atoms with E-state index in [0.717, 1.165) is 0 Å². The maximum absolute atomic E-state index is 9.39. The first-order chi connectivity index (χ1) is 2.94. The van der Waals surface area contributed by atoms with E-state index in [9.17, 15) is 12.6 Å². The smallest absolute Gasteiger partial charge is 0.282 e. The molecule has 0 bridgehead atoms. The molecule has 44 valence electrons. The van der Waals surface area contributed by atoms with E-state index in [1.165, 1.54) is 0 Å². The lowest BCUT2D eigenvalue weighted by molar-refractivity contribution is 0.447. The van der Waals surface area contributed by atoms with Crippen molar-refractivity contribution in [1.29, 1.82) is 0 Å². The molecule has 0 aromatic heterocycles. The highest BCUT2D eigenvalue weighted by molar-refractivity contribution is 8.31. The van der Waals surface area contributed by atoms with Gasteiger partial charge in [-0.1, -0.05) is 0 Å². The molecule has 0 unspecified atom stereocenters. The Balaban J connectivity index is 5.63. The van der Waals surface area contributed by atoms with Crippen molar-refractivity contribution in [2.45, 2.75) is 0 Å². The van der Waals surface area contributed by atoms with Crippen LogP contribution in [0, 0.1) is 0 Å². The summed E-state index contributed by atoms with van der Waals surface area (Å²) in [7, 11) is -7.87. The molecule has 7 heavy (non-hydrogen) atoms. The summed E-state index contributed by atoms with van der Waals surface area (Å²) >= 11 is 0. The van der Waals surface area contributed by atoms with Gasteiger partial charge in [-0.05, 0) is 0 Å². The first-order valence-electron chi connectivity index (χ1n) is 1.03. The standard InChI is InChI=1S/H2O5S2/c1-6(2)7(3,4)5/h(H2,3,4,5). The monoisotopic (exact) mass is 146 g/mol. The fraction of sp³-hybridized carbons (Fsp3) is 0. The van der Waals surface area contributed by atoms with E-state index in [1.54, 1.807) is 0 Å². The van der Waals surface area contributed by atoms with Gasteiger partial charge in [0.1, 0.15) is 0 Å². The van der Waals surface area contributed by atoms with Gasteiger partial charge in [-0.2, -0.15) is 12.6 Å². The molecule has 7 heteroatoms. The number of hydrogen-bond donors (Lipinski definition) is 2. The van der Waals surface area contributed by atoms with Gasteiger partial charge in [0.25, 0.3) is 0 Å². The minimum atomic E-state index is -4.57. The van der Waals surface area contributed by atoms with Crippen LogP contribution < -0.4 is 0 Å². The third kappa shape index (κ3) is 2.57. The lowest BCUT2D eigenvalue weighted by Crippen LogP contribution is -1.92. The number of rotatable bonds is 0. The van der Waals surface area contributed by atoms with Gasteiger partial charge < -0.3 is 0 Å². The molecule has 0 radical (unpaired) electrons. The molecular weight excluding hydrogens is 144 g/mol. The molecule has 0 heterocycles. The molecule has 0 aromatic carbocycles. The summed E-state index contributed by atoms with van der Waals surface area (Å²) < 4.78 is 43.0. The van der Waals surface area contributed by atoms with E-state index in [0.29, 0.717) is 0 Å². The molecule has 0 aliphatic heterocycles. The number of hydrogen-bond acceptors (Lipinski definition) is 3. The van der Waals surface area contributed by atoms with Gasteiger partial charge in [-0.15, -0.1) is 0 Å². The van der Waals surface area contributed by atoms with Gasteiger partial charge in [0.15, 0.2) is 0 Å². The molecule has 0 amide bonds. The van der Waals surface area contributed by atoms with E-state index in [-0.39, 0.29) is 0 Å². The Bertz CT molecular complexity index is 230. The molecule has 0 fully saturated rings. The van der Waals surface area contributed by atoms with Gasteiger partial charge in [0.05, 0.1) is 0 Å². The van der Waals surface area contributed by atoms with Gasteiger partial charge in [-0.3, -0.25) is 9.11 Å².